The molecule has 0 aliphatic carbocycles. The zero-order chi connectivity index (χ0) is 24.9. The first kappa shape index (κ1) is 24.2. The summed E-state index contributed by atoms with van der Waals surface area (Å²) in [6.07, 6.45) is 0.843. The van der Waals surface area contributed by atoms with E-state index in [4.69, 9.17) is 4.74 Å². The van der Waals surface area contributed by atoms with Gasteiger partial charge < -0.3 is 19.6 Å². The van der Waals surface area contributed by atoms with E-state index in [2.05, 4.69) is 9.88 Å². The Morgan fingerprint density at radius 1 is 1.03 bits per heavy atom. The van der Waals surface area contributed by atoms with Crippen molar-refractivity contribution >= 4 is 17.7 Å². The predicted octanol–water partition coefficient (Wildman–Crippen LogP) is 4.22. The first-order chi connectivity index (χ1) is 16.9. The third kappa shape index (κ3) is 5.60. The van der Waals surface area contributed by atoms with Gasteiger partial charge in [-0.05, 0) is 48.4 Å². The molecule has 0 spiro atoms. The van der Waals surface area contributed by atoms with Crippen LogP contribution in [0.15, 0.2) is 66.9 Å². The van der Waals surface area contributed by atoms with E-state index in [1.54, 1.807) is 31.3 Å². The van der Waals surface area contributed by atoms with Crippen molar-refractivity contribution in [3.63, 3.8) is 0 Å². The second-order valence-corrected chi connectivity index (χ2v) is 8.75. The van der Waals surface area contributed by atoms with Crippen molar-refractivity contribution in [3.05, 3.63) is 78.1 Å². The van der Waals surface area contributed by atoms with Crippen LogP contribution in [0.1, 0.15) is 23.0 Å². The SMILES string of the molecule is COc1ccc(-c2ccc(C(=O)N(C)c3ccc(CN4CCN(C(=O)O)[C@@H](C)C4)cc3)nc2)cc1. The average molecular weight is 475 g/mol. The van der Waals surface area contributed by atoms with Crippen molar-refractivity contribution in [2.45, 2.75) is 19.5 Å². The molecule has 1 N–H and O–H groups in total. The highest BCUT2D eigenvalue weighted by atomic mass is 16.5. The number of carbonyl (C=O) groups is 2. The lowest BCUT2D eigenvalue weighted by molar-refractivity contribution is 0.0711. The van der Waals surface area contributed by atoms with Gasteiger partial charge in [0.05, 0.1) is 7.11 Å². The van der Waals surface area contributed by atoms with Gasteiger partial charge in [0, 0.05) is 56.7 Å². The molecule has 3 aromatic rings. The second-order valence-electron chi connectivity index (χ2n) is 8.75. The van der Waals surface area contributed by atoms with Gasteiger partial charge in [-0.1, -0.05) is 30.3 Å². The monoisotopic (exact) mass is 474 g/mol. The normalized spacial score (nSPS) is 16.1. The fourth-order valence-electron chi connectivity index (χ4n) is 4.31. The van der Waals surface area contributed by atoms with Crippen LogP contribution in [0.4, 0.5) is 10.5 Å². The summed E-state index contributed by atoms with van der Waals surface area (Å²) in [7, 11) is 3.37. The Morgan fingerprint density at radius 2 is 1.71 bits per heavy atom. The number of amides is 2. The first-order valence-electron chi connectivity index (χ1n) is 11.5. The van der Waals surface area contributed by atoms with Crippen molar-refractivity contribution in [1.82, 2.24) is 14.8 Å². The Labute approximate surface area is 205 Å². The van der Waals surface area contributed by atoms with Crippen LogP contribution < -0.4 is 9.64 Å². The number of pyridine rings is 1. The van der Waals surface area contributed by atoms with E-state index in [-0.39, 0.29) is 11.9 Å². The van der Waals surface area contributed by atoms with Gasteiger partial charge in [0.25, 0.3) is 5.91 Å². The van der Waals surface area contributed by atoms with Crippen LogP contribution in [0.2, 0.25) is 0 Å². The minimum Gasteiger partial charge on any atom is -0.497 e. The zero-order valence-electron chi connectivity index (χ0n) is 20.2. The number of hydrogen-bond acceptors (Lipinski definition) is 5. The summed E-state index contributed by atoms with van der Waals surface area (Å²) in [5.41, 5.74) is 4.20. The topological polar surface area (TPSA) is 86.2 Å². The van der Waals surface area contributed by atoms with Crippen LogP contribution in [-0.4, -0.2) is 71.7 Å². The third-order valence-corrected chi connectivity index (χ3v) is 6.40. The smallest absolute Gasteiger partial charge is 0.407 e. The van der Waals surface area contributed by atoms with Gasteiger partial charge in [-0.3, -0.25) is 14.7 Å². The maximum absolute atomic E-state index is 13.0. The second kappa shape index (κ2) is 10.6. The molecule has 0 saturated carbocycles. The number of aromatic nitrogens is 1. The molecule has 8 nitrogen and oxygen atoms in total. The molecular formula is C27H30N4O4. The standard InChI is InChI=1S/C27H30N4O4/c1-19-17-30(14-15-31(19)27(33)34)18-20-4-9-23(10-5-20)29(2)26(32)25-13-8-22(16-28-25)21-6-11-24(35-3)12-7-21/h4-13,16,19H,14-15,17-18H2,1-3H3,(H,33,34)/t19-/m0/s1. The minimum absolute atomic E-state index is 0.0344. The van der Waals surface area contributed by atoms with Crippen LogP contribution in [-0.2, 0) is 6.54 Å². The van der Waals surface area contributed by atoms with E-state index >= 15 is 0 Å². The maximum Gasteiger partial charge on any atom is 0.407 e. The quantitative estimate of drug-likeness (QED) is 0.576. The molecule has 2 amide bonds. The fraction of sp³-hybridized carbons (Fsp3) is 0.296. The molecule has 1 aromatic heterocycles. The van der Waals surface area contributed by atoms with Crippen LogP contribution in [0.25, 0.3) is 11.1 Å². The number of piperazine rings is 1. The molecular weight excluding hydrogens is 444 g/mol. The van der Waals surface area contributed by atoms with Crippen LogP contribution in [0.3, 0.4) is 0 Å². The lowest BCUT2D eigenvalue weighted by atomic mass is 10.1. The number of ether oxygens (including phenoxy) is 1. The highest BCUT2D eigenvalue weighted by Gasteiger charge is 2.27. The maximum atomic E-state index is 13.0. The Bertz CT molecular complexity index is 1160. The molecule has 1 aliphatic rings. The summed E-state index contributed by atoms with van der Waals surface area (Å²) in [5, 5.41) is 9.24. The number of methoxy groups -OCH3 is 1. The van der Waals surface area contributed by atoms with Gasteiger partial charge in [-0.2, -0.15) is 0 Å². The molecule has 0 radical (unpaired) electrons. The highest BCUT2D eigenvalue weighted by molar-refractivity contribution is 6.04. The third-order valence-electron chi connectivity index (χ3n) is 6.40. The van der Waals surface area contributed by atoms with Gasteiger partial charge >= 0.3 is 6.09 Å². The van der Waals surface area contributed by atoms with E-state index in [9.17, 15) is 14.7 Å². The summed E-state index contributed by atoms with van der Waals surface area (Å²) < 4.78 is 5.20. The number of hydrogen-bond donors (Lipinski definition) is 1. The molecule has 0 bridgehead atoms. The predicted molar refractivity (Wildman–Crippen MR) is 135 cm³/mol. The number of nitrogens with zero attached hydrogens (tertiary/aromatic N) is 4. The fourth-order valence-corrected chi connectivity index (χ4v) is 4.31. The first-order valence-corrected chi connectivity index (χ1v) is 11.5. The molecule has 1 atom stereocenters. The van der Waals surface area contributed by atoms with Crippen LogP contribution >= 0.6 is 0 Å². The number of anilines is 1. The summed E-state index contributed by atoms with van der Waals surface area (Å²) >= 11 is 0. The van der Waals surface area contributed by atoms with E-state index in [0.717, 1.165) is 34.7 Å². The van der Waals surface area contributed by atoms with Gasteiger partial charge in [-0.25, -0.2) is 4.79 Å². The van der Waals surface area contributed by atoms with Crippen molar-refractivity contribution in [3.8, 4) is 16.9 Å². The number of rotatable bonds is 6. The summed E-state index contributed by atoms with van der Waals surface area (Å²) in [6.45, 7) is 4.58. The molecule has 8 heteroatoms. The zero-order valence-corrected chi connectivity index (χ0v) is 20.2. The van der Waals surface area contributed by atoms with Gasteiger partial charge in [-0.15, -0.1) is 0 Å². The minimum atomic E-state index is -0.862. The van der Waals surface area contributed by atoms with Gasteiger partial charge in [0.15, 0.2) is 0 Å². The molecule has 35 heavy (non-hydrogen) atoms. The Hall–Kier alpha value is -3.91. The van der Waals surface area contributed by atoms with Crippen LogP contribution in [0.5, 0.6) is 5.75 Å². The lowest BCUT2D eigenvalue weighted by Gasteiger charge is -2.38. The van der Waals surface area contributed by atoms with Crippen molar-refractivity contribution in [2.75, 3.05) is 38.7 Å². The van der Waals surface area contributed by atoms with Gasteiger partial charge in [0.2, 0.25) is 0 Å². The van der Waals surface area contributed by atoms with E-state index in [1.807, 2.05) is 61.5 Å². The molecule has 2 heterocycles. The molecule has 1 aliphatic heterocycles. The summed E-state index contributed by atoms with van der Waals surface area (Å²) in [6, 6.07) is 19.2. The number of carbonyl (C=O) groups excluding carboxylic acids is 1. The largest absolute Gasteiger partial charge is 0.497 e. The molecule has 2 aromatic carbocycles. The highest BCUT2D eigenvalue weighted by Crippen LogP contribution is 2.23. The lowest BCUT2D eigenvalue weighted by Crippen LogP contribution is -2.53. The Balaban J connectivity index is 1.37. The Kier molecular flexibility index (Phi) is 7.31. The van der Waals surface area contributed by atoms with E-state index in [0.29, 0.717) is 25.3 Å². The molecule has 182 valence electrons. The summed E-state index contributed by atoms with van der Waals surface area (Å²) in [4.78, 5) is 34.0. The summed E-state index contributed by atoms with van der Waals surface area (Å²) in [5.74, 6) is 0.606. The number of carboxylic acid groups (broad SMARTS) is 1. The molecule has 1 fully saturated rings. The molecule has 1 saturated heterocycles. The molecule has 0 unspecified atom stereocenters. The van der Waals surface area contributed by atoms with E-state index < -0.39 is 6.09 Å². The van der Waals surface area contributed by atoms with Crippen LogP contribution in [0, 0.1) is 0 Å². The van der Waals surface area contributed by atoms with Crippen molar-refractivity contribution < 1.29 is 19.4 Å². The number of benzene rings is 2. The van der Waals surface area contributed by atoms with E-state index in [1.165, 1.54) is 4.90 Å². The van der Waals surface area contributed by atoms with Crippen molar-refractivity contribution in [1.29, 1.82) is 0 Å². The molecule has 4 rings (SSSR count). The Morgan fingerprint density at radius 3 is 2.29 bits per heavy atom. The average Bonchev–Trinajstić information content (AvgIpc) is 2.88. The van der Waals surface area contributed by atoms with Gasteiger partial charge in [0.1, 0.15) is 11.4 Å². The van der Waals surface area contributed by atoms with Crippen molar-refractivity contribution in [2.24, 2.45) is 0 Å².